The first kappa shape index (κ1) is 17.7. The van der Waals surface area contributed by atoms with Crippen molar-refractivity contribution in [3.8, 4) is 0 Å². The van der Waals surface area contributed by atoms with Crippen LogP contribution in [0.3, 0.4) is 0 Å². The monoisotopic (exact) mass is 389 g/mol. The topological polar surface area (TPSA) is 57.8 Å². The SMILES string of the molecule is Cc1sc2cc(C(=O)N3CCC4(CC3)OCCO4)[nH]c2c1CN1CCCC1. The van der Waals surface area contributed by atoms with Gasteiger partial charge in [0, 0.05) is 42.9 Å². The molecule has 1 N–H and O–H groups in total. The van der Waals surface area contributed by atoms with Crippen LogP contribution in [-0.2, 0) is 16.0 Å². The van der Waals surface area contributed by atoms with E-state index >= 15 is 0 Å². The summed E-state index contributed by atoms with van der Waals surface area (Å²) < 4.78 is 12.7. The third kappa shape index (κ3) is 3.20. The maximum atomic E-state index is 13.0. The normalized spacial score (nSPS) is 23.1. The number of fused-ring (bicyclic) bond motifs is 1. The van der Waals surface area contributed by atoms with Crippen LogP contribution >= 0.6 is 11.3 Å². The molecule has 0 aromatic carbocycles. The molecular weight excluding hydrogens is 362 g/mol. The van der Waals surface area contributed by atoms with E-state index in [0.717, 1.165) is 24.9 Å². The Kier molecular flexibility index (Phi) is 4.50. The third-order valence-electron chi connectivity index (χ3n) is 6.21. The summed E-state index contributed by atoms with van der Waals surface area (Å²) in [5.74, 6) is -0.344. The van der Waals surface area contributed by atoms with Gasteiger partial charge in [-0.2, -0.15) is 0 Å². The van der Waals surface area contributed by atoms with Crippen molar-refractivity contribution in [2.24, 2.45) is 0 Å². The van der Waals surface area contributed by atoms with Gasteiger partial charge in [0.15, 0.2) is 5.79 Å². The second-order valence-electron chi connectivity index (χ2n) is 7.94. The van der Waals surface area contributed by atoms with Crippen molar-refractivity contribution in [2.45, 2.75) is 44.9 Å². The van der Waals surface area contributed by atoms with E-state index in [-0.39, 0.29) is 5.91 Å². The smallest absolute Gasteiger partial charge is 0.270 e. The van der Waals surface area contributed by atoms with Crippen molar-refractivity contribution in [3.05, 3.63) is 22.2 Å². The average Bonchev–Trinajstić information content (AvgIpc) is 3.44. The van der Waals surface area contributed by atoms with Crippen LogP contribution in [0.2, 0.25) is 0 Å². The molecule has 6 nitrogen and oxygen atoms in total. The zero-order valence-electron chi connectivity index (χ0n) is 15.9. The molecule has 146 valence electrons. The number of rotatable bonds is 3. The quantitative estimate of drug-likeness (QED) is 0.876. The Bertz CT molecular complexity index is 836. The molecule has 3 fully saturated rings. The van der Waals surface area contributed by atoms with Gasteiger partial charge < -0.3 is 19.4 Å². The number of hydrogen-bond donors (Lipinski definition) is 1. The van der Waals surface area contributed by atoms with Crippen LogP contribution < -0.4 is 0 Å². The summed E-state index contributed by atoms with van der Waals surface area (Å²) in [7, 11) is 0. The van der Waals surface area contributed by atoms with Gasteiger partial charge >= 0.3 is 0 Å². The minimum Gasteiger partial charge on any atom is -0.350 e. The Hall–Kier alpha value is -1.41. The molecule has 1 spiro atoms. The first-order chi connectivity index (χ1) is 13.1. The molecule has 1 amide bonds. The molecule has 3 aliphatic heterocycles. The Morgan fingerprint density at radius 3 is 2.59 bits per heavy atom. The Morgan fingerprint density at radius 1 is 1.19 bits per heavy atom. The van der Waals surface area contributed by atoms with Crippen molar-refractivity contribution in [1.29, 1.82) is 0 Å². The number of H-pyrrole nitrogens is 1. The number of aromatic amines is 1. The molecule has 5 rings (SSSR count). The molecule has 0 saturated carbocycles. The van der Waals surface area contributed by atoms with E-state index in [0.29, 0.717) is 32.0 Å². The van der Waals surface area contributed by atoms with Crippen molar-refractivity contribution in [3.63, 3.8) is 0 Å². The van der Waals surface area contributed by atoms with Crippen LogP contribution in [0, 0.1) is 6.92 Å². The molecule has 0 unspecified atom stereocenters. The summed E-state index contributed by atoms with van der Waals surface area (Å²) in [6.45, 7) is 8.25. The van der Waals surface area contributed by atoms with Gasteiger partial charge in [-0.05, 0) is 38.9 Å². The third-order valence-corrected chi connectivity index (χ3v) is 7.30. The maximum absolute atomic E-state index is 13.0. The second-order valence-corrected chi connectivity index (χ2v) is 9.20. The standard InChI is InChI=1S/C20H27N3O3S/c1-14-15(13-22-6-2-3-7-22)18-17(27-14)12-16(21-18)19(24)23-8-4-20(5-9-23)25-10-11-26-20/h12,21H,2-11,13H2,1H3. The lowest BCUT2D eigenvalue weighted by Gasteiger charge is -2.37. The molecule has 7 heteroatoms. The van der Waals surface area contributed by atoms with Crippen molar-refractivity contribution < 1.29 is 14.3 Å². The second kappa shape index (κ2) is 6.88. The van der Waals surface area contributed by atoms with Gasteiger partial charge in [-0.1, -0.05) is 0 Å². The minimum absolute atomic E-state index is 0.0935. The number of nitrogens with zero attached hydrogens (tertiary/aromatic N) is 2. The molecule has 5 heterocycles. The van der Waals surface area contributed by atoms with Gasteiger partial charge in [0.1, 0.15) is 5.69 Å². The molecule has 0 bridgehead atoms. The lowest BCUT2D eigenvalue weighted by molar-refractivity contribution is -0.181. The Morgan fingerprint density at radius 2 is 1.89 bits per heavy atom. The number of carbonyl (C=O) groups is 1. The van der Waals surface area contributed by atoms with Crippen LogP contribution in [0.15, 0.2) is 6.07 Å². The first-order valence-electron chi connectivity index (χ1n) is 10.0. The molecule has 3 aliphatic rings. The highest BCUT2D eigenvalue weighted by atomic mass is 32.1. The average molecular weight is 390 g/mol. The van der Waals surface area contributed by atoms with Crippen molar-refractivity contribution >= 4 is 27.5 Å². The van der Waals surface area contributed by atoms with E-state index in [1.54, 1.807) is 11.3 Å². The van der Waals surface area contributed by atoms with Crippen LogP contribution in [-0.4, -0.2) is 65.9 Å². The minimum atomic E-state index is -0.438. The molecule has 0 aliphatic carbocycles. The molecular formula is C20H27N3O3S. The largest absolute Gasteiger partial charge is 0.350 e. The van der Waals surface area contributed by atoms with Crippen LogP contribution in [0.1, 0.15) is 46.6 Å². The Labute approximate surface area is 163 Å². The van der Waals surface area contributed by atoms with Gasteiger partial charge in [-0.15, -0.1) is 11.3 Å². The molecule has 2 aromatic rings. The number of piperidine rings is 1. The van der Waals surface area contributed by atoms with Gasteiger partial charge in [-0.3, -0.25) is 9.69 Å². The lowest BCUT2D eigenvalue weighted by Crippen LogP contribution is -2.47. The highest BCUT2D eigenvalue weighted by Gasteiger charge is 2.41. The molecule has 0 radical (unpaired) electrons. The van der Waals surface area contributed by atoms with E-state index in [9.17, 15) is 4.79 Å². The predicted molar refractivity (Wildman–Crippen MR) is 105 cm³/mol. The van der Waals surface area contributed by atoms with Gasteiger partial charge in [-0.25, -0.2) is 0 Å². The number of nitrogens with one attached hydrogen (secondary N) is 1. The highest BCUT2D eigenvalue weighted by Crippen LogP contribution is 2.35. The van der Waals surface area contributed by atoms with Gasteiger partial charge in [0.05, 0.1) is 23.4 Å². The molecule has 0 atom stereocenters. The maximum Gasteiger partial charge on any atom is 0.270 e. The number of ether oxygens (including phenoxy) is 2. The number of aryl methyl sites for hydroxylation is 1. The number of amides is 1. The number of aromatic nitrogens is 1. The van der Waals surface area contributed by atoms with Crippen molar-refractivity contribution in [2.75, 3.05) is 39.4 Å². The van der Waals surface area contributed by atoms with Crippen LogP contribution in [0.5, 0.6) is 0 Å². The summed E-state index contributed by atoms with van der Waals surface area (Å²) in [4.78, 5) is 22.3. The fourth-order valence-electron chi connectivity index (χ4n) is 4.62. The zero-order chi connectivity index (χ0) is 18.4. The van der Waals surface area contributed by atoms with E-state index in [1.165, 1.54) is 41.1 Å². The van der Waals surface area contributed by atoms with E-state index in [2.05, 4.69) is 16.8 Å². The molecule has 2 aromatic heterocycles. The lowest BCUT2D eigenvalue weighted by atomic mass is 10.0. The zero-order valence-corrected chi connectivity index (χ0v) is 16.7. The summed E-state index contributed by atoms with van der Waals surface area (Å²) in [6.07, 6.45) is 4.11. The van der Waals surface area contributed by atoms with E-state index in [4.69, 9.17) is 9.47 Å². The highest BCUT2D eigenvalue weighted by molar-refractivity contribution is 7.19. The van der Waals surface area contributed by atoms with Gasteiger partial charge in [0.2, 0.25) is 0 Å². The molecule has 3 saturated heterocycles. The van der Waals surface area contributed by atoms with E-state index < -0.39 is 5.79 Å². The van der Waals surface area contributed by atoms with Crippen LogP contribution in [0.4, 0.5) is 0 Å². The molecule has 27 heavy (non-hydrogen) atoms. The van der Waals surface area contributed by atoms with E-state index in [1.807, 2.05) is 11.0 Å². The van der Waals surface area contributed by atoms with Gasteiger partial charge in [0.25, 0.3) is 5.91 Å². The summed E-state index contributed by atoms with van der Waals surface area (Å²) in [5.41, 5.74) is 3.23. The number of likely N-dealkylation sites (tertiary alicyclic amines) is 2. The number of hydrogen-bond acceptors (Lipinski definition) is 5. The predicted octanol–water partition coefficient (Wildman–Crippen LogP) is 3.11. The summed E-state index contributed by atoms with van der Waals surface area (Å²) in [6, 6.07) is 2.04. The fraction of sp³-hybridized carbons (Fsp3) is 0.650. The number of thiophene rings is 1. The fourth-order valence-corrected chi connectivity index (χ4v) is 5.69. The Balaban J connectivity index is 1.32. The van der Waals surface area contributed by atoms with Crippen molar-refractivity contribution in [1.82, 2.24) is 14.8 Å². The summed E-state index contributed by atoms with van der Waals surface area (Å²) in [5, 5.41) is 0. The summed E-state index contributed by atoms with van der Waals surface area (Å²) >= 11 is 1.79. The van der Waals surface area contributed by atoms with Crippen LogP contribution in [0.25, 0.3) is 10.2 Å². The number of carbonyl (C=O) groups excluding carboxylic acids is 1. The first-order valence-corrected chi connectivity index (χ1v) is 10.9.